The molecule has 3 atom stereocenters. The van der Waals surface area contributed by atoms with Gasteiger partial charge in [0.2, 0.25) is 5.91 Å². The van der Waals surface area contributed by atoms with Gasteiger partial charge in [0.05, 0.1) is 5.54 Å². The van der Waals surface area contributed by atoms with Crippen LogP contribution in [0.2, 0.25) is 0 Å². The zero-order valence-electron chi connectivity index (χ0n) is 9.69. The zero-order chi connectivity index (χ0) is 12.1. The van der Waals surface area contributed by atoms with Crippen molar-refractivity contribution in [3.8, 4) is 0 Å². The van der Waals surface area contributed by atoms with Gasteiger partial charge in [0.1, 0.15) is 0 Å². The second kappa shape index (κ2) is 6.35. The van der Waals surface area contributed by atoms with Gasteiger partial charge in [-0.15, -0.1) is 0 Å². The molecule has 0 bridgehead atoms. The number of nitrogens with two attached hydrogens (primary N) is 2. The van der Waals surface area contributed by atoms with E-state index in [1.54, 1.807) is 18.7 Å². The minimum atomic E-state index is -0.939. The number of hydrogen-bond acceptors (Lipinski definition) is 4. The summed E-state index contributed by atoms with van der Waals surface area (Å²) in [6.45, 7) is 5.92. The summed E-state index contributed by atoms with van der Waals surface area (Å²) in [7, 11) is 0. The summed E-state index contributed by atoms with van der Waals surface area (Å²) < 4.78 is 0. The van der Waals surface area contributed by atoms with Gasteiger partial charge < -0.3 is 16.6 Å². The number of rotatable bonds is 7. The number of carbonyl (C=O) groups is 1. The van der Waals surface area contributed by atoms with E-state index >= 15 is 0 Å². The number of amides is 1. The van der Waals surface area contributed by atoms with E-state index in [1.807, 2.05) is 6.92 Å². The Morgan fingerprint density at radius 3 is 2.40 bits per heavy atom. The molecule has 0 radical (unpaired) electrons. The molecule has 90 valence electrons. The van der Waals surface area contributed by atoms with Gasteiger partial charge in [-0.3, -0.25) is 4.79 Å². The Hall–Kier alpha value is -0.260. The van der Waals surface area contributed by atoms with Crippen molar-refractivity contribution in [2.75, 3.05) is 6.61 Å². The fourth-order valence-corrected chi connectivity index (χ4v) is 2.87. The largest absolute Gasteiger partial charge is 0.396 e. The molecule has 0 saturated heterocycles. The Bertz CT molecular complexity index is 210. The fraction of sp³-hybridized carbons (Fsp3) is 0.900. The average Bonchev–Trinajstić information content (AvgIpc) is 2.02. The highest BCUT2D eigenvalue weighted by molar-refractivity contribution is 8.00. The van der Waals surface area contributed by atoms with Gasteiger partial charge in [-0.2, -0.15) is 11.8 Å². The second-order valence-corrected chi connectivity index (χ2v) is 6.14. The quantitative estimate of drug-likeness (QED) is 0.597. The molecule has 5 heteroatoms. The second-order valence-electron chi connectivity index (χ2n) is 4.26. The molecule has 0 aromatic carbocycles. The van der Waals surface area contributed by atoms with Gasteiger partial charge in [0.25, 0.3) is 0 Å². The minimum absolute atomic E-state index is 0.191. The van der Waals surface area contributed by atoms with Gasteiger partial charge >= 0.3 is 0 Å². The van der Waals surface area contributed by atoms with Gasteiger partial charge in [-0.1, -0.05) is 13.8 Å². The molecule has 5 N–H and O–H groups in total. The van der Waals surface area contributed by atoms with Crippen LogP contribution >= 0.6 is 11.8 Å². The Kier molecular flexibility index (Phi) is 6.24. The summed E-state index contributed by atoms with van der Waals surface area (Å²) in [4.78, 5) is 11.0. The highest BCUT2D eigenvalue weighted by Crippen LogP contribution is 2.25. The first-order chi connectivity index (χ1) is 6.79. The number of hydrogen-bond donors (Lipinski definition) is 3. The molecule has 0 saturated carbocycles. The first kappa shape index (κ1) is 14.7. The summed E-state index contributed by atoms with van der Waals surface area (Å²) in [6, 6.07) is 0. The summed E-state index contributed by atoms with van der Waals surface area (Å²) in [6.07, 6.45) is 1.32. The lowest BCUT2D eigenvalue weighted by Gasteiger charge is -2.25. The predicted molar refractivity (Wildman–Crippen MR) is 64.6 cm³/mol. The highest BCUT2D eigenvalue weighted by Gasteiger charge is 2.28. The lowest BCUT2D eigenvalue weighted by Crippen LogP contribution is -2.50. The number of aliphatic hydroxyl groups is 1. The van der Waals surface area contributed by atoms with Crippen LogP contribution in [0.15, 0.2) is 0 Å². The maximum atomic E-state index is 11.0. The number of thioether (sulfide) groups is 1. The average molecular weight is 234 g/mol. The molecular formula is C10H22N2O2S. The molecule has 0 aromatic heterocycles. The number of carbonyl (C=O) groups excluding carboxylic acids is 1. The van der Waals surface area contributed by atoms with Crippen LogP contribution in [0.4, 0.5) is 0 Å². The van der Waals surface area contributed by atoms with Gasteiger partial charge in [0, 0.05) is 17.1 Å². The third-order valence-corrected chi connectivity index (χ3v) is 3.61. The van der Waals surface area contributed by atoms with E-state index in [9.17, 15) is 4.79 Å². The fourth-order valence-electron chi connectivity index (χ4n) is 1.39. The Morgan fingerprint density at radius 1 is 1.47 bits per heavy atom. The Labute approximate surface area is 95.8 Å². The van der Waals surface area contributed by atoms with Gasteiger partial charge in [-0.25, -0.2) is 0 Å². The summed E-state index contributed by atoms with van der Waals surface area (Å²) in [5, 5.41) is 9.39. The van der Waals surface area contributed by atoms with Crippen molar-refractivity contribution in [3.63, 3.8) is 0 Å². The SMILES string of the molecule is CC(CCO)SC(C)CC(C)(N)C(N)=O. The normalized spacial score (nSPS) is 19.3. The maximum absolute atomic E-state index is 11.0. The lowest BCUT2D eigenvalue weighted by atomic mass is 9.97. The molecule has 15 heavy (non-hydrogen) atoms. The molecule has 1 amide bonds. The van der Waals surface area contributed by atoms with Crippen molar-refractivity contribution in [2.45, 2.75) is 49.7 Å². The van der Waals surface area contributed by atoms with E-state index in [0.29, 0.717) is 11.7 Å². The van der Waals surface area contributed by atoms with Crippen LogP contribution in [0.3, 0.4) is 0 Å². The van der Waals surface area contributed by atoms with E-state index in [0.717, 1.165) is 6.42 Å². The molecule has 0 aliphatic carbocycles. The van der Waals surface area contributed by atoms with Crippen LogP contribution in [-0.2, 0) is 4.79 Å². The number of aliphatic hydroxyl groups excluding tert-OH is 1. The Morgan fingerprint density at radius 2 is 2.00 bits per heavy atom. The predicted octanol–water partition coefficient (Wildman–Crippen LogP) is 0.472. The molecule has 0 rings (SSSR count). The number of primary amides is 1. The molecule has 0 spiro atoms. The molecule has 0 aliphatic heterocycles. The highest BCUT2D eigenvalue weighted by atomic mass is 32.2. The van der Waals surface area contributed by atoms with E-state index in [1.165, 1.54) is 0 Å². The van der Waals surface area contributed by atoms with Crippen LogP contribution in [0, 0.1) is 0 Å². The van der Waals surface area contributed by atoms with Crippen molar-refractivity contribution >= 4 is 17.7 Å². The zero-order valence-corrected chi connectivity index (χ0v) is 10.5. The maximum Gasteiger partial charge on any atom is 0.237 e. The molecule has 4 nitrogen and oxygen atoms in total. The molecular weight excluding hydrogens is 212 g/mol. The molecule has 0 fully saturated rings. The standard InChI is InChI=1S/C10H22N2O2S/c1-7(4-5-13)15-8(2)6-10(3,12)9(11)14/h7-8,13H,4-6,12H2,1-3H3,(H2,11,14). The van der Waals surface area contributed by atoms with Crippen molar-refractivity contribution in [1.29, 1.82) is 0 Å². The first-order valence-corrected chi connectivity index (χ1v) is 6.09. The minimum Gasteiger partial charge on any atom is -0.396 e. The van der Waals surface area contributed by atoms with Crippen molar-refractivity contribution in [3.05, 3.63) is 0 Å². The summed E-state index contributed by atoms with van der Waals surface area (Å²) in [5.74, 6) is -0.468. The Balaban J connectivity index is 4.02. The van der Waals surface area contributed by atoms with Crippen LogP contribution < -0.4 is 11.5 Å². The molecule has 0 aliphatic rings. The van der Waals surface area contributed by atoms with E-state index in [2.05, 4.69) is 6.92 Å². The van der Waals surface area contributed by atoms with Crippen LogP contribution in [0.1, 0.15) is 33.6 Å². The van der Waals surface area contributed by atoms with Gasteiger partial charge in [0.15, 0.2) is 0 Å². The van der Waals surface area contributed by atoms with Crippen LogP contribution in [-0.4, -0.2) is 33.7 Å². The topological polar surface area (TPSA) is 89.3 Å². The molecule has 0 heterocycles. The van der Waals surface area contributed by atoms with Crippen LogP contribution in [0.25, 0.3) is 0 Å². The van der Waals surface area contributed by atoms with Crippen LogP contribution in [0.5, 0.6) is 0 Å². The van der Waals surface area contributed by atoms with E-state index in [-0.39, 0.29) is 11.9 Å². The lowest BCUT2D eigenvalue weighted by molar-refractivity contribution is -0.122. The molecule has 0 aromatic rings. The first-order valence-electron chi connectivity index (χ1n) is 5.14. The van der Waals surface area contributed by atoms with Crippen molar-refractivity contribution < 1.29 is 9.90 Å². The third kappa shape index (κ3) is 6.02. The van der Waals surface area contributed by atoms with E-state index < -0.39 is 11.4 Å². The monoisotopic (exact) mass is 234 g/mol. The summed E-state index contributed by atoms with van der Waals surface area (Å²) >= 11 is 1.72. The molecule has 3 unspecified atom stereocenters. The third-order valence-electron chi connectivity index (χ3n) is 2.27. The van der Waals surface area contributed by atoms with Crippen molar-refractivity contribution in [1.82, 2.24) is 0 Å². The van der Waals surface area contributed by atoms with E-state index in [4.69, 9.17) is 16.6 Å². The van der Waals surface area contributed by atoms with Gasteiger partial charge in [-0.05, 0) is 19.8 Å². The van der Waals surface area contributed by atoms with Crippen molar-refractivity contribution in [2.24, 2.45) is 11.5 Å². The summed E-state index contributed by atoms with van der Waals surface area (Å²) in [5.41, 5.74) is 10.0. The smallest absolute Gasteiger partial charge is 0.237 e.